The van der Waals surface area contributed by atoms with Crippen LogP contribution in [-0.2, 0) is 12.8 Å². The van der Waals surface area contributed by atoms with Crippen LogP contribution in [0, 0.1) is 6.92 Å². The maximum Gasteiger partial charge on any atom is 0.0947 e. The summed E-state index contributed by atoms with van der Waals surface area (Å²) in [6, 6.07) is 9.02. The first-order valence-electron chi connectivity index (χ1n) is 6.40. The Morgan fingerprint density at radius 3 is 2.72 bits per heavy atom. The molecule has 0 radical (unpaired) electrons. The van der Waals surface area contributed by atoms with E-state index in [1.807, 2.05) is 14.0 Å². The summed E-state index contributed by atoms with van der Waals surface area (Å²) in [5.41, 5.74) is 3.94. The molecule has 1 N–H and O–H groups in total. The lowest BCUT2D eigenvalue weighted by Gasteiger charge is -2.18. The largest absolute Gasteiger partial charge is 0.313 e. The van der Waals surface area contributed by atoms with Gasteiger partial charge in [0.25, 0.3) is 0 Å². The average Bonchev–Trinajstić information content (AvgIpc) is 2.81. The Bertz CT molecular complexity index is 505. The summed E-state index contributed by atoms with van der Waals surface area (Å²) in [5.74, 6) is 0. The molecule has 2 aromatic rings. The minimum absolute atomic E-state index is 0.353. The van der Waals surface area contributed by atoms with E-state index in [4.69, 9.17) is 0 Å². The molecule has 0 spiro atoms. The number of likely N-dealkylation sites (N-methyl/N-ethyl adjacent to an activating group) is 1. The maximum absolute atomic E-state index is 4.56. The van der Waals surface area contributed by atoms with Crippen LogP contribution in [0.3, 0.4) is 0 Å². The highest BCUT2D eigenvalue weighted by atomic mass is 32.1. The first-order valence-corrected chi connectivity index (χ1v) is 7.28. The van der Waals surface area contributed by atoms with Crippen molar-refractivity contribution in [2.24, 2.45) is 0 Å². The van der Waals surface area contributed by atoms with Crippen molar-refractivity contribution in [2.45, 2.75) is 32.7 Å². The number of aryl methyl sites for hydroxylation is 2. The van der Waals surface area contributed by atoms with E-state index in [0.29, 0.717) is 6.04 Å². The molecule has 1 aromatic heterocycles. The van der Waals surface area contributed by atoms with Crippen LogP contribution in [0.5, 0.6) is 0 Å². The molecule has 2 nitrogen and oxygen atoms in total. The van der Waals surface area contributed by atoms with Gasteiger partial charge in [0, 0.05) is 23.5 Å². The van der Waals surface area contributed by atoms with Gasteiger partial charge in [-0.2, -0.15) is 0 Å². The zero-order valence-corrected chi connectivity index (χ0v) is 12.1. The monoisotopic (exact) mass is 260 g/mol. The lowest BCUT2D eigenvalue weighted by molar-refractivity contribution is 0.585. The molecule has 0 aliphatic heterocycles. The number of rotatable bonds is 5. The molecule has 3 heteroatoms. The van der Waals surface area contributed by atoms with Gasteiger partial charge in [0.1, 0.15) is 0 Å². The molecule has 1 atom stereocenters. The molecule has 0 aliphatic carbocycles. The van der Waals surface area contributed by atoms with Gasteiger partial charge in [0.15, 0.2) is 0 Å². The van der Waals surface area contributed by atoms with Crippen molar-refractivity contribution < 1.29 is 0 Å². The highest BCUT2D eigenvalue weighted by molar-refractivity contribution is 7.09. The Balaban J connectivity index is 2.22. The summed E-state index contributed by atoms with van der Waals surface area (Å²) in [4.78, 5) is 4.56. The molecule has 0 bridgehead atoms. The van der Waals surface area contributed by atoms with Crippen LogP contribution in [-0.4, -0.2) is 12.0 Å². The van der Waals surface area contributed by atoms with Gasteiger partial charge in [-0.15, -0.1) is 11.3 Å². The van der Waals surface area contributed by atoms with Crippen molar-refractivity contribution in [1.82, 2.24) is 10.3 Å². The zero-order valence-electron chi connectivity index (χ0n) is 11.2. The summed E-state index contributed by atoms with van der Waals surface area (Å²) in [7, 11) is 2.03. The van der Waals surface area contributed by atoms with Crippen LogP contribution >= 0.6 is 11.3 Å². The van der Waals surface area contributed by atoms with E-state index < -0.39 is 0 Å². The predicted molar refractivity (Wildman–Crippen MR) is 78.2 cm³/mol. The number of hydrogen-bond donors (Lipinski definition) is 1. The van der Waals surface area contributed by atoms with E-state index in [1.54, 1.807) is 11.3 Å². The minimum atomic E-state index is 0.353. The molecule has 96 valence electrons. The van der Waals surface area contributed by atoms with E-state index in [0.717, 1.165) is 18.5 Å². The number of nitrogens with one attached hydrogen (secondary N) is 1. The van der Waals surface area contributed by atoms with Crippen molar-refractivity contribution in [1.29, 1.82) is 0 Å². The molecule has 0 fully saturated rings. The lowest BCUT2D eigenvalue weighted by atomic mass is 9.97. The second-order valence-electron chi connectivity index (χ2n) is 4.48. The third-order valence-corrected chi connectivity index (χ3v) is 4.19. The molecule has 0 saturated heterocycles. The van der Waals surface area contributed by atoms with Gasteiger partial charge in [-0.25, -0.2) is 4.98 Å². The van der Waals surface area contributed by atoms with E-state index in [2.05, 4.69) is 46.9 Å². The van der Waals surface area contributed by atoms with Gasteiger partial charge in [0.05, 0.1) is 5.01 Å². The molecule has 0 amide bonds. The van der Waals surface area contributed by atoms with Crippen molar-refractivity contribution in [3.05, 3.63) is 51.5 Å². The number of aromatic nitrogens is 1. The summed E-state index contributed by atoms with van der Waals surface area (Å²) < 4.78 is 0. The van der Waals surface area contributed by atoms with Crippen molar-refractivity contribution in [2.75, 3.05) is 7.05 Å². The third-order valence-electron chi connectivity index (χ3n) is 3.21. The fraction of sp³-hybridized carbons (Fsp3) is 0.400. The van der Waals surface area contributed by atoms with Crippen LogP contribution in [0.1, 0.15) is 34.8 Å². The minimum Gasteiger partial charge on any atom is -0.313 e. The zero-order chi connectivity index (χ0) is 13.0. The fourth-order valence-electron chi connectivity index (χ4n) is 2.23. The number of nitrogens with zero attached hydrogens (tertiary/aromatic N) is 1. The SMILES string of the molecule is CCc1ccccc1C(Cc1nc(C)cs1)NC. The highest BCUT2D eigenvalue weighted by Gasteiger charge is 2.14. The molecule has 1 heterocycles. The Kier molecular flexibility index (Phi) is 4.50. The van der Waals surface area contributed by atoms with Gasteiger partial charge in [-0.05, 0) is 31.5 Å². The Hall–Kier alpha value is -1.19. The molecule has 0 saturated carbocycles. The van der Waals surface area contributed by atoms with Crippen LogP contribution in [0.2, 0.25) is 0 Å². The first kappa shape index (κ1) is 13.2. The quantitative estimate of drug-likeness (QED) is 0.889. The van der Waals surface area contributed by atoms with E-state index in [-0.39, 0.29) is 0 Å². The second kappa shape index (κ2) is 6.12. The second-order valence-corrected chi connectivity index (χ2v) is 5.42. The van der Waals surface area contributed by atoms with Crippen LogP contribution in [0.25, 0.3) is 0 Å². The Labute approximate surface area is 113 Å². The molecular weight excluding hydrogens is 240 g/mol. The topological polar surface area (TPSA) is 24.9 Å². The van der Waals surface area contributed by atoms with Crippen molar-refractivity contribution in [3.63, 3.8) is 0 Å². The molecule has 0 aliphatic rings. The van der Waals surface area contributed by atoms with E-state index >= 15 is 0 Å². The summed E-state index contributed by atoms with van der Waals surface area (Å²) in [6.07, 6.45) is 2.04. The maximum atomic E-state index is 4.56. The molecule has 2 rings (SSSR count). The first-order chi connectivity index (χ1) is 8.74. The molecule has 18 heavy (non-hydrogen) atoms. The van der Waals surface area contributed by atoms with Gasteiger partial charge in [0.2, 0.25) is 0 Å². The van der Waals surface area contributed by atoms with E-state index in [9.17, 15) is 0 Å². The van der Waals surface area contributed by atoms with Crippen LogP contribution in [0.4, 0.5) is 0 Å². The van der Waals surface area contributed by atoms with Crippen molar-refractivity contribution in [3.8, 4) is 0 Å². The highest BCUT2D eigenvalue weighted by Crippen LogP contribution is 2.23. The van der Waals surface area contributed by atoms with Crippen molar-refractivity contribution >= 4 is 11.3 Å². The smallest absolute Gasteiger partial charge is 0.0947 e. The van der Waals surface area contributed by atoms with Gasteiger partial charge >= 0.3 is 0 Å². The lowest BCUT2D eigenvalue weighted by Crippen LogP contribution is -2.20. The fourth-order valence-corrected chi connectivity index (χ4v) is 3.05. The molecular formula is C15H20N2S. The van der Waals surface area contributed by atoms with Crippen LogP contribution < -0.4 is 5.32 Å². The predicted octanol–water partition coefficient (Wildman–Crippen LogP) is 3.52. The normalized spacial score (nSPS) is 12.6. The number of hydrogen-bond acceptors (Lipinski definition) is 3. The summed E-state index contributed by atoms with van der Waals surface area (Å²) in [6.45, 7) is 4.26. The van der Waals surface area contributed by atoms with E-state index in [1.165, 1.54) is 16.1 Å². The number of benzene rings is 1. The van der Waals surface area contributed by atoms with Crippen LogP contribution in [0.15, 0.2) is 29.6 Å². The Morgan fingerprint density at radius 1 is 1.33 bits per heavy atom. The Morgan fingerprint density at radius 2 is 2.11 bits per heavy atom. The third kappa shape index (κ3) is 2.98. The summed E-state index contributed by atoms with van der Waals surface area (Å²) >= 11 is 1.75. The molecule has 1 aromatic carbocycles. The van der Waals surface area contributed by atoms with Gasteiger partial charge < -0.3 is 5.32 Å². The van der Waals surface area contributed by atoms with Gasteiger partial charge in [-0.3, -0.25) is 0 Å². The standard InChI is InChI=1S/C15H20N2S/c1-4-12-7-5-6-8-13(12)14(16-3)9-15-17-11(2)10-18-15/h5-8,10,14,16H,4,9H2,1-3H3. The van der Waals surface area contributed by atoms with Gasteiger partial charge in [-0.1, -0.05) is 31.2 Å². The number of thiazole rings is 1. The summed E-state index contributed by atoms with van der Waals surface area (Å²) in [5, 5.41) is 6.74. The average molecular weight is 260 g/mol. The molecule has 1 unspecified atom stereocenters.